The van der Waals surface area contributed by atoms with Crippen LogP contribution in [0.5, 0.6) is 0 Å². The Morgan fingerprint density at radius 3 is 1.17 bits per heavy atom. The van der Waals surface area contributed by atoms with Crippen LogP contribution in [0.15, 0.2) is 106 Å². The van der Waals surface area contributed by atoms with Crippen molar-refractivity contribution in [2.24, 2.45) is 0 Å². The molecular formula is C40H28Br2. The standard InChI is InChI=1S/C40H28Br2/c1-25-17-27(3)33(35(19-25)37-21-29-11-5-7-13-31(29)23-39(37)41)15-9-10-16-34-28(4)18-26(2)20-36(34)38-22-30-12-6-8-14-32(30)24-40(38)42/h5-8,11-14,17-24H,1-4H3. The van der Waals surface area contributed by atoms with E-state index in [1.54, 1.807) is 0 Å². The van der Waals surface area contributed by atoms with Crippen molar-refractivity contribution in [2.45, 2.75) is 27.7 Å². The third-order valence-electron chi connectivity index (χ3n) is 7.65. The van der Waals surface area contributed by atoms with Gasteiger partial charge in [-0.05, 0) is 119 Å². The number of hydrogen-bond acceptors (Lipinski definition) is 0. The lowest BCUT2D eigenvalue weighted by Gasteiger charge is -2.13. The quantitative estimate of drug-likeness (QED) is 0.161. The Morgan fingerprint density at radius 1 is 0.429 bits per heavy atom. The fraction of sp³-hybridized carbons (Fsp3) is 0.100. The summed E-state index contributed by atoms with van der Waals surface area (Å²) in [5.74, 6) is 13.3. The molecule has 0 N–H and O–H groups in total. The molecule has 6 aromatic rings. The molecule has 42 heavy (non-hydrogen) atoms. The molecule has 0 amide bonds. The van der Waals surface area contributed by atoms with Crippen molar-refractivity contribution in [3.8, 4) is 45.9 Å². The predicted molar refractivity (Wildman–Crippen MR) is 187 cm³/mol. The van der Waals surface area contributed by atoms with Gasteiger partial charge in [0.1, 0.15) is 0 Å². The zero-order chi connectivity index (χ0) is 29.4. The van der Waals surface area contributed by atoms with Gasteiger partial charge in [-0.1, -0.05) is 128 Å². The first-order valence-corrected chi connectivity index (χ1v) is 15.5. The van der Waals surface area contributed by atoms with Gasteiger partial charge in [-0.2, -0.15) is 0 Å². The first-order chi connectivity index (χ1) is 20.3. The summed E-state index contributed by atoms with van der Waals surface area (Å²) in [7, 11) is 0. The molecule has 0 heterocycles. The van der Waals surface area contributed by atoms with Crippen molar-refractivity contribution in [1.29, 1.82) is 0 Å². The average Bonchev–Trinajstić information content (AvgIpc) is 2.96. The van der Waals surface area contributed by atoms with Crippen LogP contribution in [-0.2, 0) is 0 Å². The van der Waals surface area contributed by atoms with Gasteiger partial charge in [-0.3, -0.25) is 0 Å². The van der Waals surface area contributed by atoms with Crippen LogP contribution in [0.25, 0.3) is 43.8 Å². The van der Waals surface area contributed by atoms with Gasteiger partial charge in [-0.15, -0.1) is 0 Å². The molecule has 0 aliphatic rings. The summed E-state index contributed by atoms with van der Waals surface area (Å²) in [6, 6.07) is 34.6. The second-order valence-electron chi connectivity index (χ2n) is 10.9. The molecular weight excluding hydrogens is 640 g/mol. The Bertz CT molecular complexity index is 2000. The Balaban J connectivity index is 1.46. The highest BCUT2D eigenvalue weighted by atomic mass is 79.9. The SMILES string of the molecule is Cc1cc(C)c(C#CC#Cc2c(C)cc(C)cc2-c2cc3ccccc3cc2Br)c(-c2cc3ccccc3cc2Br)c1. The van der Waals surface area contributed by atoms with E-state index < -0.39 is 0 Å². The van der Waals surface area contributed by atoms with Gasteiger partial charge < -0.3 is 0 Å². The van der Waals surface area contributed by atoms with Gasteiger partial charge in [-0.25, -0.2) is 0 Å². The monoisotopic (exact) mass is 666 g/mol. The zero-order valence-electron chi connectivity index (χ0n) is 24.0. The largest absolute Gasteiger partial charge is 0.0616 e. The number of rotatable bonds is 2. The molecule has 0 fully saturated rings. The van der Waals surface area contributed by atoms with Gasteiger partial charge in [0.05, 0.1) is 0 Å². The molecule has 0 saturated heterocycles. The second kappa shape index (κ2) is 11.7. The number of benzene rings is 6. The number of aryl methyl sites for hydroxylation is 4. The van der Waals surface area contributed by atoms with E-state index >= 15 is 0 Å². The van der Waals surface area contributed by atoms with Crippen LogP contribution in [0, 0.1) is 51.4 Å². The van der Waals surface area contributed by atoms with Crippen LogP contribution in [0.1, 0.15) is 33.4 Å². The smallest absolute Gasteiger partial charge is 0.0363 e. The minimum Gasteiger partial charge on any atom is -0.0616 e. The third kappa shape index (κ3) is 5.54. The first-order valence-electron chi connectivity index (χ1n) is 13.9. The molecule has 0 radical (unpaired) electrons. The maximum Gasteiger partial charge on any atom is 0.0363 e. The Labute approximate surface area is 265 Å². The van der Waals surface area contributed by atoms with Gasteiger partial charge in [0.2, 0.25) is 0 Å². The van der Waals surface area contributed by atoms with Crippen molar-refractivity contribution in [3.05, 3.63) is 139 Å². The topological polar surface area (TPSA) is 0 Å². The molecule has 0 nitrogen and oxygen atoms in total. The van der Waals surface area contributed by atoms with Crippen molar-refractivity contribution in [2.75, 3.05) is 0 Å². The lowest BCUT2D eigenvalue weighted by molar-refractivity contribution is 1.36. The average molecular weight is 668 g/mol. The second-order valence-corrected chi connectivity index (χ2v) is 12.6. The molecule has 2 heteroatoms. The lowest BCUT2D eigenvalue weighted by atomic mass is 9.92. The van der Waals surface area contributed by atoms with E-state index in [1.165, 1.54) is 32.7 Å². The summed E-state index contributed by atoms with van der Waals surface area (Å²) >= 11 is 7.67. The molecule has 0 atom stereocenters. The van der Waals surface area contributed by atoms with Crippen LogP contribution in [0.3, 0.4) is 0 Å². The minimum atomic E-state index is 1.00. The summed E-state index contributed by atoms with van der Waals surface area (Å²) < 4.78 is 2.11. The fourth-order valence-corrected chi connectivity index (χ4v) is 6.87. The molecule has 6 aromatic carbocycles. The van der Waals surface area contributed by atoms with Gasteiger partial charge >= 0.3 is 0 Å². The summed E-state index contributed by atoms with van der Waals surface area (Å²) in [6.07, 6.45) is 0. The van der Waals surface area contributed by atoms with Crippen LogP contribution in [-0.4, -0.2) is 0 Å². The van der Waals surface area contributed by atoms with Gasteiger partial charge in [0.15, 0.2) is 0 Å². The van der Waals surface area contributed by atoms with E-state index in [0.29, 0.717) is 0 Å². The highest BCUT2D eigenvalue weighted by Gasteiger charge is 2.13. The highest BCUT2D eigenvalue weighted by molar-refractivity contribution is 9.11. The lowest BCUT2D eigenvalue weighted by Crippen LogP contribution is -1.93. The predicted octanol–water partition coefficient (Wildman–Crippen LogP) is 11.5. The van der Waals surface area contributed by atoms with E-state index in [1.807, 2.05) is 0 Å². The van der Waals surface area contributed by atoms with Crippen molar-refractivity contribution in [1.82, 2.24) is 0 Å². The Morgan fingerprint density at radius 2 is 0.786 bits per heavy atom. The van der Waals surface area contributed by atoms with E-state index in [2.05, 4.69) is 180 Å². The van der Waals surface area contributed by atoms with Gasteiger partial charge in [0.25, 0.3) is 0 Å². The first kappa shape index (κ1) is 28.1. The minimum absolute atomic E-state index is 1.00. The molecule has 0 spiro atoms. The fourth-order valence-electron chi connectivity index (χ4n) is 5.72. The molecule has 0 aromatic heterocycles. The zero-order valence-corrected chi connectivity index (χ0v) is 27.2. The van der Waals surface area contributed by atoms with E-state index in [4.69, 9.17) is 0 Å². The number of fused-ring (bicyclic) bond motifs is 2. The Hall–Kier alpha value is -4.08. The summed E-state index contributed by atoms with van der Waals surface area (Å²) in [5, 5.41) is 4.82. The van der Waals surface area contributed by atoms with Crippen LogP contribution < -0.4 is 0 Å². The maximum absolute atomic E-state index is 3.83. The summed E-state index contributed by atoms with van der Waals surface area (Å²) in [6.45, 7) is 8.52. The highest BCUT2D eigenvalue weighted by Crippen LogP contribution is 2.37. The van der Waals surface area contributed by atoms with Gasteiger partial charge in [0, 0.05) is 20.1 Å². The molecule has 0 saturated carbocycles. The number of halogens is 2. The van der Waals surface area contributed by atoms with Crippen LogP contribution in [0.4, 0.5) is 0 Å². The molecule has 202 valence electrons. The van der Waals surface area contributed by atoms with Crippen molar-refractivity contribution in [3.63, 3.8) is 0 Å². The summed E-state index contributed by atoms with van der Waals surface area (Å²) in [5.41, 5.74) is 11.2. The summed E-state index contributed by atoms with van der Waals surface area (Å²) in [4.78, 5) is 0. The van der Waals surface area contributed by atoms with Crippen LogP contribution >= 0.6 is 31.9 Å². The van der Waals surface area contributed by atoms with Crippen LogP contribution in [0.2, 0.25) is 0 Å². The van der Waals surface area contributed by atoms with Crippen molar-refractivity contribution < 1.29 is 0 Å². The van der Waals surface area contributed by atoms with E-state index in [9.17, 15) is 0 Å². The molecule has 0 aliphatic heterocycles. The van der Waals surface area contributed by atoms with Crippen molar-refractivity contribution >= 4 is 53.4 Å². The normalized spacial score (nSPS) is 10.7. The maximum atomic E-state index is 3.83. The molecule has 0 bridgehead atoms. The number of hydrogen-bond donors (Lipinski definition) is 0. The van der Waals surface area contributed by atoms with E-state index in [0.717, 1.165) is 53.5 Å². The molecule has 0 aliphatic carbocycles. The third-order valence-corrected chi connectivity index (χ3v) is 8.96. The Kier molecular flexibility index (Phi) is 7.79. The molecule has 0 unspecified atom stereocenters. The van der Waals surface area contributed by atoms with E-state index in [-0.39, 0.29) is 0 Å². The molecule has 6 rings (SSSR count).